The molecule has 0 aromatic heterocycles. The van der Waals surface area contributed by atoms with Crippen LogP contribution in [0.25, 0.3) is 0 Å². The molecule has 0 radical (unpaired) electrons. The van der Waals surface area contributed by atoms with E-state index in [2.05, 4.69) is 60.6 Å². The number of allylic oxidation sites excluding steroid dienone is 4. The van der Waals surface area contributed by atoms with Gasteiger partial charge < -0.3 is 10.5 Å². The first-order chi connectivity index (χ1) is 22.7. The number of rotatable bonds is 6. The second-order valence-electron chi connectivity index (χ2n) is 19.3. The maximum absolute atomic E-state index is 14.6. The quantitative estimate of drug-likeness (QED) is 0.310. The molecule has 0 aliphatic heterocycles. The molecule has 4 fully saturated rings. The van der Waals surface area contributed by atoms with Crippen molar-refractivity contribution in [2.45, 2.75) is 138 Å². The highest BCUT2D eigenvalue weighted by molar-refractivity contribution is 5.78. The molecule has 0 amide bonds. The van der Waals surface area contributed by atoms with Crippen molar-refractivity contribution >= 4 is 5.97 Å². The highest BCUT2D eigenvalue weighted by Gasteiger charge is 2.70. The lowest BCUT2D eigenvalue weighted by Crippen LogP contribution is -2.67. The van der Waals surface area contributed by atoms with Gasteiger partial charge in [0.2, 0.25) is 0 Å². The number of nitrogens with two attached hydrogens (primary N) is 1. The lowest BCUT2D eigenvalue weighted by molar-refractivity contribution is -0.221. The lowest BCUT2D eigenvalue weighted by Gasteiger charge is -2.72. The fourth-order valence-electron chi connectivity index (χ4n) is 14.0. The molecule has 0 heterocycles. The smallest absolute Gasteiger partial charge is 0.315 e. The Morgan fingerprint density at radius 2 is 1.62 bits per heavy atom. The van der Waals surface area contributed by atoms with E-state index in [1.165, 1.54) is 62.5 Å². The summed E-state index contributed by atoms with van der Waals surface area (Å²) in [6.07, 6.45) is 17.9. The molecular weight excluding hydrogens is 593 g/mol. The van der Waals surface area contributed by atoms with Gasteiger partial charge in [0.05, 0.1) is 5.41 Å². The third-order valence-corrected chi connectivity index (χ3v) is 16.8. The number of alkyl halides is 1. The zero-order valence-electron chi connectivity index (χ0n) is 31.2. The zero-order valence-corrected chi connectivity index (χ0v) is 31.2. The van der Waals surface area contributed by atoms with Crippen LogP contribution in [0, 0.1) is 62.6 Å². The monoisotopic (exact) mass is 657 g/mol. The molecule has 6 aliphatic rings. The van der Waals surface area contributed by atoms with E-state index in [1.807, 2.05) is 30.3 Å². The van der Waals surface area contributed by atoms with Gasteiger partial charge in [-0.25, -0.2) is 4.39 Å². The number of esters is 1. The van der Waals surface area contributed by atoms with E-state index in [-0.39, 0.29) is 23.0 Å². The number of hydrogen-bond acceptors (Lipinski definition) is 3. The average molecular weight is 658 g/mol. The SMILES string of the molecule is CC(C)[C@@H]1CC[C@]2(N)CC[C@]3(C)[C@H](CC[C@@H]4[C@@]5(C)CC=C(C6=CC[C@@](CF)(C(=O)OCc7ccccc7)CC6)C(C)(C)[C@@H]5CC[C@]43C)[C@@H]12. The Labute approximate surface area is 291 Å². The summed E-state index contributed by atoms with van der Waals surface area (Å²) in [7, 11) is 0. The molecule has 0 spiro atoms. The second-order valence-corrected chi connectivity index (χ2v) is 19.3. The number of ether oxygens (including phenoxy) is 1. The zero-order chi connectivity index (χ0) is 34.3. The largest absolute Gasteiger partial charge is 0.460 e. The van der Waals surface area contributed by atoms with Gasteiger partial charge in [0.15, 0.2) is 0 Å². The van der Waals surface area contributed by atoms with Crippen molar-refractivity contribution in [3.05, 3.63) is 59.2 Å². The van der Waals surface area contributed by atoms with E-state index in [9.17, 15) is 9.18 Å². The third kappa shape index (κ3) is 4.90. The van der Waals surface area contributed by atoms with E-state index in [0.29, 0.717) is 47.3 Å². The first-order valence-corrected chi connectivity index (χ1v) is 19.6. The molecule has 1 aromatic rings. The first-order valence-electron chi connectivity index (χ1n) is 19.6. The Kier molecular flexibility index (Phi) is 8.49. The Morgan fingerprint density at radius 1 is 0.875 bits per heavy atom. The molecule has 48 heavy (non-hydrogen) atoms. The fraction of sp³-hybridized carbons (Fsp3) is 0.750. The number of benzene rings is 1. The van der Waals surface area contributed by atoms with E-state index in [4.69, 9.17) is 10.5 Å². The van der Waals surface area contributed by atoms with Crippen LogP contribution >= 0.6 is 0 Å². The topological polar surface area (TPSA) is 52.3 Å². The van der Waals surface area contributed by atoms with Gasteiger partial charge in [-0.1, -0.05) is 91.0 Å². The van der Waals surface area contributed by atoms with E-state index < -0.39 is 18.1 Å². The van der Waals surface area contributed by atoms with Gasteiger partial charge in [-0.15, -0.1) is 0 Å². The van der Waals surface area contributed by atoms with E-state index >= 15 is 0 Å². The van der Waals surface area contributed by atoms with Crippen LogP contribution in [0.15, 0.2) is 53.6 Å². The first kappa shape index (κ1) is 34.5. The normalized spacial score (nSPS) is 44.8. The van der Waals surface area contributed by atoms with Crippen molar-refractivity contribution in [2.24, 2.45) is 68.3 Å². The summed E-state index contributed by atoms with van der Waals surface area (Å²) in [6, 6.07) is 9.70. The van der Waals surface area contributed by atoms with Gasteiger partial charge >= 0.3 is 5.97 Å². The Balaban J connectivity index is 1.12. The van der Waals surface area contributed by atoms with Crippen LogP contribution in [0.5, 0.6) is 0 Å². The maximum Gasteiger partial charge on any atom is 0.315 e. The highest BCUT2D eigenvalue weighted by atomic mass is 19.1. The molecule has 6 aliphatic carbocycles. The summed E-state index contributed by atoms with van der Waals surface area (Å²) < 4.78 is 20.3. The molecular formula is C44H64FNO2. The van der Waals surface area contributed by atoms with Crippen LogP contribution < -0.4 is 5.73 Å². The number of fused-ring (bicyclic) bond motifs is 7. The predicted octanol–water partition coefficient (Wildman–Crippen LogP) is 10.8. The van der Waals surface area contributed by atoms with Crippen LogP contribution in [0.2, 0.25) is 0 Å². The number of halogens is 1. The third-order valence-electron chi connectivity index (χ3n) is 16.8. The maximum atomic E-state index is 14.6. The molecule has 10 atom stereocenters. The van der Waals surface area contributed by atoms with E-state index in [0.717, 1.165) is 30.2 Å². The van der Waals surface area contributed by atoms with Gasteiger partial charge in [0, 0.05) is 5.54 Å². The van der Waals surface area contributed by atoms with E-state index in [1.54, 1.807) is 0 Å². The van der Waals surface area contributed by atoms with Crippen LogP contribution in [-0.4, -0.2) is 18.2 Å². The van der Waals surface area contributed by atoms with Crippen LogP contribution in [0.1, 0.15) is 131 Å². The lowest BCUT2D eigenvalue weighted by atomic mass is 9.33. The summed E-state index contributed by atoms with van der Waals surface area (Å²) in [4.78, 5) is 13.3. The molecule has 1 aromatic carbocycles. The van der Waals surface area contributed by atoms with Gasteiger partial charge in [0.25, 0.3) is 0 Å². The van der Waals surface area contributed by atoms with Crippen LogP contribution in [0.4, 0.5) is 4.39 Å². The summed E-state index contributed by atoms with van der Waals surface area (Å²) in [5.41, 5.74) is 11.1. The molecule has 2 N–H and O–H groups in total. The standard InChI is InChI=1S/C44H64FNO2/c1-29(2)32-17-24-44(46)26-25-41(6)34(37(32)44)13-14-36-40(5)20-18-33(39(3,4)35(40)19-21-42(36,41)7)31-15-22-43(28-45,23-16-31)38(47)48-27-30-11-9-8-10-12-30/h8-12,15,18,29,32,34-37H,13-14,16-17,19-28,46H2,1-7H3/t32-,34+,35-,36+,37+,40-,41+,42+,43+,44-/m0/s1. The van der Waals surface area contributed by atoms with Crippen molar-refractivity contribution in [3.63, 3.8) is 0 Å². The number of carbonyl (C=O) groups is 1. The van der Waals surface area contributed by atoms with Crippen molar-refractivity contribution in [2.75, 3.05) is 6.67 Å². The molecule has 4 heteroatoms. The molecule has 4 saturated carbocycles. The molecule has 0 bridgehead atoms. The summed E-state index contributed by atoms with van der Waals surface area (Å²) in [5, 5.41) is 0. The van der Waals surface area contributed by atoms with Gasteiger partial charge in [-0.05, 0) is 151 Å². The average Bonchev–Trinajstić information content (AvgIpc) is 3.42. The summed E-state index contributed by atoms with van der Waals surface area (Å²) in [5.74, 6) is 3.85. The Morgan fingerprint density at radius 3 is 2.29 bits per heavy atom. The Hall–Kier alpha value is -1.94. The van der Waals surface area contributed by atoms with Crippen molar-refractivity contribution in [1.29, 1.82) is 0 Å². The highest BCUT2D eigenvalue weighted by Crippen LogP contribution is 2.76. The van der Waals surface area contributed by atoms with Crippen LogP contribution in [0.3, 0.4) is 0 Å². The van der Waals surface area contributed by atoms with Crippen molar-refractivity contribution < 1.29 is 13.9 Å². The van der Waals surface area contributed by atoms with Gasteiger partial charge in [0.1, 0.15) is 13.3 Å². The molecule has 3 nitrogen and oxygen atoms in total. The van der Waals surface area contributed by atoms with Gasteiger partial charge in [-0.2, -0.15) is 0 Å². The molecule has 0 saturated heterocycles. The Bertz CT molecular complexity index is 1460. The molecule has 7 rings (SSSR count). The minimum absolute atomic E-state index is 0.0363. The second kappa shape index (κ2) is 11.8. The minimum atomic E-state index is -1.07. The number of carbonyl (C=O) groups excluding carboxylic acids is 1. The van der Waals surface area contributed by atoms with Crippen LogP contribution in [-0.2, 0) is 16.1 Å². The summed E-state index contributed by atoms with van der Waals surface area (Å²) in [6.45, 7) is 17.5. The minimum Gasteiger partial charge on any atom is -0.460 e. The predicted molar refractivity (Wildman–Crippen MR) is 194 cm³/mol. The molecule has 264 valence electrons. The van der Waals surface area contributed by atoms with Crippen molar-refractivity contribution in [3.8, 4) is 0 Å². The van der Waals surface area contributed by atoms with Crippen molar-refractivity contribution in [1.82, 2.24) is 0 Å². The molecule has 0 unspecified atom stereocenters. The number of hydrogen-bond donors (Lipinski definition) is 1. The van der Waals surface area contributed by atoms with Gasteiger partial charge in [-0.3, -0.25) is 4.79 Å². The fourth-order valence-corrected chi connectivity index (χ4v) is 14.0. The summed E-state index contributed by atoms with van der Waals surface area (Å²) >= 11 is 0.